The van der Waals surface area contributed by atoms with Crippen LogP contribution in [-0.4, -0.2) is 43.1 Å². The smallest absolute Gasteiger partial charge is 0.324 e. The first-order valence-corrected chi connectivity index (χ1v) is 10.4. The number of imide groups is 1. The molecule has 1 aromatic rings. The van der Waals surface area contributed by atoms with E-state index < -0.39 is 0 Å². The summed E-state index contributed by atoms with van der Waals surface area (Å²) in [5.41, 5.74) is 7.56. The number of benzene rings is 1. The van der Waals surface area contributed by atoms with Gasteiger partial charge in [-0.25, -0.2) is 14.6 Å². The Kier molecular flexibility index (Phi) is 7.08. The molecule has 160 valence electrons. The third kappa shape index (κ3) is 5.90. The first kappa shape index (κ1) is 21.5. The average molecular weight is 407 g/mol. The molecule has 0 spiro atoms. The lowest BCUT2D eigenvalue weighted by Crippen LogP contribution is -2.41. The molecule has 1 heterocycles. The number of nitrogens with one attached hydrogen (secondary N) is 3. The maximum atomic E-state index is 14.0. The van der Waals surface area contributed by atoms with Gasteiger partial charge in [-0.2, -0.15) is 0 Å². The van der Waals surface area contributed by atoms with Gasteiger partial charge in [0, 0.05) is 13.1 Å². The predicted octanol–water partition coefficient (Wildman–Crippen LogP) is 2.67. The number of rotatable bonds is 12. The summed E-state index contributed by atoms with van der Waals surface area (Å²) in [5.74, 6) is 0.0995. The summed E-state index contributed by atoms with van der Waals surface area (Å²) in [4.78, 5) is 24.1. The van der Waals surface area contributed by atoms with Crippen molar-refractivity contribution in [2.24, 2.45) is 5.92 Å². The molecule has 1 aliphatic heterocycles. The molecule has 1 aromatic carbocycles. The van der Waals surface area contributed by atoms with Gasteiger partial charge in [-0.05, 0) is 49.3 Å². The van der Waals surface area contributed by atoms with E-state index in [1.54, 1.807) is 4.90 Å². The number of ether oxygens (including phenoxy) is 1. The lowest BCUT2D eigenvalue weighted by Gasteiger charge is -2.20. The Balaban J connectivity index is 1.37. The van der Waals surface area contributed by atoms with E-state index in [0.717, 1.165) is 44.2 Å². The van der Waals surface area contributed by atoms with Gasteiger partial charge in [-0.15, -0.1) is 0 Å². The van der Waals surface area contributed by atoms with Crippen LogP contribution in [0.1, 0.15) is 51.5 Å². The molecule has 8 heteroatoms. The highest BCUT2D eigenvalue weighted by Gasteiger charge is 2.44. The average Bonchev–Trinajstić information content (AvgIpc) is 3.39. The number of hydrogen-bond acceptors (Lipinski definition) is 5. The Morgan fingerprint density at radius 1 is 1.24 bits per heavy atom. The molecule has 3 amide bonds. The second kappa shape index (κ2) is 9.54. The van der Waals surface area contributed by atoms with Crippen LogP contribution in [0.5, 0.6) is 5.75 Å². The van der Waals surface area contributed by atoms with Gasteiger partial charge in [0.15, 0.2) is 11.6 Å². The summed E-state index contributed by atoms with van der Waals surface area (Å²) in [6, 6.07) is 4.82. The van der Waals surface area contributed by atoms with Gasteiger partial charge < -0.3 is 9.64 Å². The van der Waals surface area contributed by atoms with E-state index in [2.05, 4.69) is 16.2 Å². The highest BCUT2D eigenvalue weighted by molar-refractivity contribution is 6.01. The van der Waals surface area contributed by atoms with Crippen LogP contribution < -0.4 is 20.9 Å². The number of urea groups is 1. The van der Waals surface area contributed by atoms with Gasteiger partial charge in [0.1, 0.15) is 6.54 Å². The molecule has 0 bridgehead atoms. The van der Waals surface area contributed by atoms with Crippen LogP contribution in [0.4, 0.5) is 9.18 Å². The molecule has 3 rings (SSSR count). The Morgan fingerprint density at radius 3 is 2.69 bits per heavy atom. The topological polar surface area (TPSA) is 82.7 Å². The van der Waals surface area contributed by atoms with Crippen molar-refractivity contribution >= 4 is 11.9 Å². The van der Waals surface area contributed by atoms with Crippen molar-refractivity contribution in [2.75, 3.05) is 26.2 Å². The van der Waals surface area contributed by atoms with Crippen LogP contribution in [-0.2, 0) is 10.3 Å². The van der Waals surface area contributed by atoms with Gasteiger partial charge in [0.25, 0.3) is 0 Å². The van der Waals surface area contributed by atoms with E-state index in [-0.39, 0.29) is 29.8 Å². The number of hydrazine groups is 1. The molecule has 2 aliphatic rings. The molecule has 29 heavy (non-hydrogen) atoms. The SMILES string of the molecule is CC(C)COc1cc(C2(NNCCCCCN3CC(=O)NC3=O)CC2)ccc1F. The zero-order valence-electron chi connectivity index (χ0n) is 17.2. The quantitative estimate of drug-likeness (QED) is 0.282. The van der Waals surface area contributed by atoms with Crippen molar-refractivity contribution in [2.45, 2.75) is 51.5 Å². The zero-order valence-corrected chi connectivity index (χ0v) is 17.2. The van der Waals surface area contributed by atoms with Gasteiger partial charge in [-0.1, -0.05) is 26.3 Å². The normalized spacial score (nSPS) is 17.7. The molecule has 1 saturated heterocycles. The van der Waals surface area contributed by atoms with E-state index in [4.69, 9.17) is 4.74 Å². The minimum Gasteiger partial charge on any atom is -0.490 e. The van der Waals surface area contributed by atoms with E-state index in [9.17, 15) is 14.0 Å². The fraction of sp³-hybridized carbons (Fsp3) is 0.619. The number of carbonyl (C=O) groups is 2. The predicted molar refractivity (Wildman–Crippen MR) is 108 cm³/mol. The highest BCUT2D eigenvalue weighted by atomic mass is 19.1. The van der Waals surface area contributed by atoms with Gasteiger partial charge in [-0.3, -0.25) is 15.5 Å². The summed E-state index contributed by atoms with van der Waals surface area (Å²) < 4.78 is 19.6. The van der Waals surface area contributed by atoms with Crippen LogP contribution in [0.25, 0.3) is 0 Å². The number of amides is 3. The number of carbonyl (C=O) groups excluding carboxylic acids is 2. The molecule has 0 radical (unpaired) electrons. The van der Waals surface area contributed by atoms with E-state index in [0.29, 0.717) is 24.8 Å². The van der Waals surface area contributed by atoms with Crippen molar-refractivity contribution in [3.63, 3.8) is 0 Å². The van der Waals surface area contributed by atoms with Crippen LogP contribution in [0.15, 0.2) is 18.2 Å². The van der Waals surface area contributed by atoms with Crippen LogP contribution in [0, 0.1) is 11.7 Å². The van der Waals surface area contributed by atoms with Crippen molar-refractivity contribution in [3.8, 4) is 5.75 Å². The Bertz CT molecular complexity index is 737. The minimum atomic E-state index is -0.327. The summed E-state index contributed by atoms with van der Waals surface area (Å²) in [6.45, 7) is 6.13. The third-order valence-electron chi connectivity index (χ3n) is 5.23. The molecule has 1 saturated carbocycles. The van der Waals surface area contributed by atoms with Gasteiger partial charge in [0.05, 0.1) is 12.1 Å². The highest BCUT2D eigenvalue weighted by Crippen LogP contribution is 2.46. The number of halogens is 1. The van der Waals surface area contributed by atoms with E-state index in [1.807, 2.05) is 26.0 Å². The molecule has 0 unspecified atom stereocenters. The number of hydrogen-bond donors (Lipinski definition) is 3. The minimum absolute atomic E-state index is 0.155. The van der Waals surface area contributed by atoms with E-state index >= 15 is 0 Å². The maximum absolute atomic E-state index is 14.0. The third-order valence-corrected chi connectivity index (χ3v) is 5.23. The molecular weight excluding hydrogens is 375 g/mol. The standard InChI is InChI=1S/C21H31FN4O3/c1-15(2)14-29-18-12-16(6-7-17(18)22)21(8-9-21)25-23-10-4-3-5-11-26-13-19(27)24-20(26)28/h6-7,12,15,23,25H,3-5,8-11,13-14H2,1-2H3,(H,24,27,28). The molecule has 2 fully saturated rings. The van der Waals surface area contributed by atoms with Crippen LogP contribution in [0.2, 0.25) is 0 Å². The lowest BCUT2D eigenvalue weighted by molar-refractivity contribution is -0.118. The summed E-state index contributed by atoms with van der Waals surface area (Å²) >= 11 is 0. The summed E-state index contributed by atoms with van der Waals surface area (Å²) in [6.07, 6.45) is 4.77. The molecular formula is C21H31FN4O3. The van der Waals surface area contributed by atoms with Crippen molar-refractivity contribution in [1.29, 1.82) is 0 Å². The largest absolute Gasteiger partial charge is 0.490 e. The van der Waals surface area contributed by atoms with Crippen molar-refractivity contribution in [1.82, 2.24) is 21.1 Å². The fourth-order valence-electron chi connectivity index (χ4n) is 3.37. The van der Waals surface area contributed by atoms with Gasteiger partial charge in [0.2, 0.25) is 5.91 Å². The second-order valence-corrected chi connectivity index (χ2v) is 8.32. The molecule has 1 aliphatic carbocycles. The first-order chi connectivity index (χ1) is 13.9. The Labute approximate surface area is 171 Å². The van der Waals surface area contributed by atoms with Crippen molar-refractivity contribution in [3.05, 3.63) is 29.6 Å². The maximum Gasteiger partial charge on any atom is 0.324 e. The summed E-state index contributed by atoms with van der Waals surface area (Å²) in [7, 11) is 0. The summed E-state index contributed by atoms with van der Waals surface area (Å²) in [5, 5.41) is 2.28. The van der Waals surface area contributed by atoms with Crippen LogP contribution >= 0.6 is 0 Å². The Hall–Kier alpha value is -2.19. The Morgan fingerprint density at radius 2 is 2.03 bits per heavy atom. The van der Waals surface area contributed by atoms with Crippen LogP contribution in [0.3, 0.4) is 0 Å². The van der Waals surface area contributed by atoms with Gasteiger partial charge >= 0.3 is 6.03 Å². The monoisotopic (exact) mass is 406 g/mol. The van der Waals surface area contributed by atoms with Crippen molar-refractivity contribution < 1.29 is 18.7 Å². The fourth-order valence-corrected chi connectivity index (χ4v) is 3.37. The molecule has 0 aromatic heterocycles. The number of nitrogens with zero attached hydrogens (tertiary/aromatic N) is 1. The number of unbranched alkanes of at least 4 members (excludes halogenated alkanes) is 2. The van der Waals surface area contributed by atoms with E-state index in [1.165, 1.54) is 6.07 Å². The first-order valence-electron chi connectivity index (χ1n) is 10.4. The molecule has 0 atom stereocenters. The lowest BCUT2D eigenvalue weighted by atomic mass is 10.1. The molecule has 3 N–H and O–H groups in total. The second-order valence-electron chi connectivity index (χ2n) is 8.32. The molecule has 7 nitrogen and oxygen atoms in total. The zero-order chi connectivity index (χ0) is 20.9.